The number of hydrogen-bond acceptors (Lipinski definition) is 13. The van der Waals surface area contributed by atoms with Crippen molar-refractivity contribution in [2.24, 2.45) is 10.7 Å². The lowest BCUT2D eigenvalue weighted by Crippen LogP contribution is -2.34. The van der Waals surface area contributed by atoms with Crippen LogP contribution >= 0.6 is 15.6 Å². The van der Waals surface area contributed by atoms with Crippen molar-refractivity contribution < 1.29 is 72.4 Å². The number of phosphoric ester groups is 2. The van der Waals surface area contributed by atoms with Gasteiger partial charge in [0, 0.05) is 0 Å². The number of ether oxygens (including phenoxy) is 2. The van der Waals surface area contributed by atoms with Crippen LogP contribution in [0.25, 0.3) is 0 Å². The van der Waals surface area contributed by atoms with Gasteiger partial charge in [0.25, 0.3) is 5.91 Å². The molecule has 1 aromatic heterocycles. The standard InChI is InChI=1S/C15H25N5O15P2/c16-12(25)7-13(17-3-18-14-10(23)8(21)5(34-14)1-32-36(26,27)28)20(4-19-7)15-11(24)9(22)6(35-15)2-33-37(29,30)31/h3-6,8-11,14-15,21-24H,1-2H2,(H2,16,25)(H,17,18)(H2,26,27,28)(H2,29,30,31). The summed E-state index contributed by atoms with van der Waals surface area (Å²) in [6.45, 7) is -1.54. The summed E-state index contributed by atoms with van der Waals surface area (Å²) in [5.41, 5.74) is 4.92. The van der Waals surface area contributed by atoms with Gasteiger partial charge in [0.15, 0.2) is 18.1 Å². The SMILES string of the molecule is NC(=O)c1ncn(C2OC(COP(=O)(O)O)C(O)C2O)c1NC=NC1OC(COP(=O)(O)O)C(O)C1O. The summed E-state index contributed by atoms with van der Waals surface area (Å²) in [6.07, 6.45) is -10.3. The Labute approximate surface area is 206 Å². The highest BCUT2D eigenvalue weighted by molar-refractivity contribution is 7.46. The van der Waals surface area contributed by atoms with Crippen molar-refractivity contribution in [1.82, 2.24) is 9.55 Å². The topological polar surface area (TPSA) is 318 Å². The number of primary amides is 1. The van der Waals surface area contributed by atoms with Crippen molar-refractivity contribution in [3.05, 3.63) is 12.0 Å². The van der Waals surface area contributed by atoms with Crippen LogP contribution in [-0.4, -0.2) is 118 Å². The molecular weight excluding hydrogens is 552 g/mol. The summed E-state index contributed by atoms with van der Waals surface area (Å²) in [4.78, 5) is 54.6. The van der Waals surface area contributed by atoms with Crippen LogP contribution in [-0.2, 0) is 27.7 Å². The number of nitrogens with one attached hydrogen (secondary N) is 1. The lowest BCUT2D eigenvalue weighted by molar-refractivity contribution is -0.0511. The first-order valence-corrected chi connectivity index (χ1v) is 13.2. The lowest BCUT2D eigenvalue weighted by atomic mass is 10.1. The van der Waals surface area contributed by atoms with Gasteiger partial charge in [0.2, 0.25) is 0 Å². The van der Waals surface area contributed by atoms with Crippen molar-refractivity contribution >= 4 is 33.7 Å². The third kappa shape index (κ3) is 7.37. The Morgan fingerprint density at radius 1 is 1.03 bits per heavy atom. The molecular formula is C15H25N5O15P2. The van der Waals surface area contributed by atoms with E-state index in [2.05, 4.69) is 24.3 Å². The smallest absolute Gasteiger partial charge is 0.387 e. The molecule has 210 valence electrons. The molecule has 1 amide bonds. The first-order chi connectivity index (χ1) is 17.1. The van der Waals surface area contributed by atoms with Crippen molar-refractivity contribution in [3.8, 4) is 0 Å². The average molecular weight is 577 g/mol. The molecule has 8 atom stereocenters. The molecule has 0 radical (unpaired) electrons. The first-order valence-electron chi connectivity index (χ1n) is 10.2. The summed E-state index contributed by atoms with van der Waals surface area (Å²) in [5, 5.41) is 43.1. The molecule has 0 saturated carbocycles. The van der Waals surface area contributed by atoms with Crippen LogP contribution in [0.15, 0.2) is 11.3 Å². The zero-order valence-electron chi connectivity index (χ0n) is 18.4. The number of carbonyl (C=O) groups excluding carboxylic acids is 1. The minimum atomic E-state index is -4.91. The number of phosphoric acid groups is 2. The Kier molecular flexibility index (Phi) is 9.21. The number of hydrogen-bond donors (Lipinski definition) is 10. The van der Waals surface area contributed by atoms with E-state index in [0.29, 0.717) is 0 Å². The average Bonchev–Trinajstić information content (AvgIpc) is 3.41. The minimum Gasteiger partial charge on any atom is -0.387 e. The Morgan fingerprint density at radius 2 is 1.57 bits per heavy atom. The molecule has 2 aliphatic heterocycles. The summed E-state index contributed by atoms with van der Waals surface area (Å²) < 4.78 is 42.0. The van der Waals surface area contributed by atoms with Crippen LogP contribution in [0, 0.1) is 0 Å². The summed E-state index contributed by atoms with van der Waals surface area (Å²) in [5.74, 6) is -1.26. The summed E-state index contributed by atoms with van der Waals surface area (Å²) >= 11 is 0. The van der Waals surface area contributed by atoms with Gasteiger partial charge in [-0.05, 0) is 0 Å². The molecule has 37 heavy (non-hydrogen) atoms. The van der Waals surface area contributed by atoms with Crippen LogP contribution in [0.3, 0.4) is 0 Å². The molecule has 0 bridgehead atoms. The number of aliphatic hydroxyl groups excluding tert-OH is 4. The molecule has 0 aliphatic carbocycles. The largest absolute Gasteiger partial charge is 0.469 e. The zero-order valence-corrected chi connectivity index (χ0v) is 20.2. The van der Waals surface area contributed by atoms with Gasteiger partial charge >= 0.3 is 15.6 Å². The van der Waals surface area contributed by atoms with Gasteiger partial charge in [-0.2, -0.15) is 0 Å². The van der Waals surface area contributed by atoms with Crippen molar-refractivity contribution in [2.75, 3.05) is 18.5 Å². The number of carbonyl (C=O) groups is 1. The Morgan fingerprint density at radius 3 is 2.11 bits per heavy atom. The third-order valence-corrected chi connectivity index (χ3v) is 6.18. The van der Waals surface area contributed by atoms with E-state index in [1.54, 1.807) is 0 Å². The Hall–Kier alpha value is -1.87. The van der Waals surface area contributed by atoms with Gasteiger partial charge in [0.05, 0.1) is 25.9 Å². The number of nitrogens with zero attached hydrogens (tertiary/aromatic N) is 3. The number of aliphatic imine (C=N–C) groups is 1. The highest BCUT2D eigenvalue weighted by Gasteiger charge is 2.46. The number of aliphatic hydroxyl groups is 4. The molecule has 8 unspecified atom stereocenters. The van der Waals surface area contributed by atoms with E-state index >= 15 is 0 Å². The van der Waals surface area contributed by atoms with Crippen molar-refractivity contribution in [3.63, 3.8) is 0 Å². The van der Waals surface area contributed by atoms with Crippen molar-refractivity contribution in [1.29, 1.82) is 0 Å². The molecule has 0 aromatic carbocycles. The van der Waals surface area contributed by atoms with Crippen molar-refractivity contribution in [2.45, 2.75) is 49.1 Å². The van der Waals surface area contributed by atoms with Crippen LogP contribution in [0.2, 0.25) is 0 Å². The lowest BCUT2D eigenvalue weighted by Gasteiger charge is -2.19. The van der Waals surface area contributed by atoms with Gasteiger partial charge < -0.3 is 60.5 Å². The first kappa shape index (κ1) is 29.7. The maximum atomic E-state index is 11.8. The van der Waals surface area contributed by atoms with Gasteiger partial charge in [-0.1, -0.05) is 0 Å². The fourth-order valence-corrected chi connectivity index (χ4v) is 4.16. The number of amides is 1. The predicted octanol–water partition coefficient (Wildman–Crippen LogP) is -4.29. The second-order valence-electron chi connectivity index (χ2n) is 7.80. The fraction of sp³-hybridized carbons (Fsp3) is 0.667. The van der Waals surface area contributed by atoms with E-state index < -0.39 is 83.8 Å². The molecule has 11 N–H and O–H groups in total. The molecule has 0 spiro atoms. The van der Waals surface area contributed by atoms with E-state index in [1.165, 1.54) is 0 Å². The van der Waals surface area contributed by atoms with E-state index in [9.17, 15) is 34.4 Å². The highest BCUT2D eigenvalue weighted by Crippen LogP contribution is 2.39. The molecule has 20 nitrogen and oxygen atoms in total. The van der Waals surface area contributed by atoms with Crippen LogP contribution in [0.1, 0.15) is 16.7 Å². The number of nitrogens with two attached hydrogens (primary N) is 1. The molecule has 22 heteroatoms. The molecule has 3 heterocycles. The van der Waals surface area contributed by atoms with E-state index in [-0.39, 0.29) is 11.5 Å². The summed E-state index contributed by atoms with van der Waals surface area (Å²) in [7, 11) is -9.78. The number of imidazole rings is 1. The predicted molar refractivity (Wildman–Crippen MR) is 115 cm³/mol. The van der Waals surface area contributed by atoms with Gasteiger partial charge in [-0.15, -0.1) is 0 Å². The van der Waals surface area contributed by atoms with E-state index in [0.717, 1.165) is 17.2 Å². The highest BCUT2D eigenvalue weighted by atomic mass is 31.2. The second kappa shape index (κ2) is 11.5. The number of rotatable bonds is 11. The maximum Gasteiger partial charge on any atom is 0.469 e. The summed E-state index contributed by atoms with van der Waals surface area (Å²) in [6, 6.07) is 0. The molecule has 2 saturated heterocycles. The van der Waals surface area contributed by atoms with Gasteiger partial charge in [-0.25, -0.2) is 19.1 Å². The molecule has 2 aliphatic rings. The van der Waals surface area contributed by atoms with E-state index in [4.69, 9.17) is 34.8 Å². The molecule has 1 aromatic rings. The maximum absolute atomic E-state index is 11.8. The molecule has 3 rings (SSSR count). The van der Waals surface area contributed by atoms with Gasteiger partial charge in [0.1, 0.15) is 42.4 Å². The van der Waals surface area contributed by atoms with E-state index in [1.807, 2.05) is 0 Å². The third-order valence-electron chi connectivity index (χ3n) is 5.21. The normalized spacial score (nSPS) is 32.9. The van der Waals surface area contributed by atoms with Crippen LogP contribution in [0.5, 0.6) is 0 Å². The fourth-order valence-electron chi connectivity index (χ4n) is 3.48. The quantitative estimate of drug-likeness (QED) is 0.0675. The van der Waals surface area contributed by atoms with Crippen LogP contribution in [0.4, 0.5) is 5.82 Å². The van der Waals surface area contributed by atoms with Gasteiger partial charge in [-0.3, -0.25) is 18.4 Å². The second-order valence-corrected chi connectivity index (χ2v) is 10.3. The Balaban J connectivity index is 1.74. The number of aromatic nitrogens is 2. The monoisotopic (exact) mass is 577 g/mol. The number of anilines is 1. The Bertz CT molecular complexity index is 1090. The minimum absolute atomic E-state index is 0.224. The molecule has 2 fully saturated rings. The zero-order chi connectivity index (χ0) is 27.7. The van der Waals surface area contributed by atoms with Crippen LogP contribution < -0.4 is 11.1 Å².